The molecule has 0 bridgehead atoms. The molecule has 2 aromatic carbocycles. The van der Waals surface area contributed by atoms with Gasteiger partial charge in [0.1, 0.15) is 11.4 Å². The van der Waals surface area contributed by atoms with Crippen molar-refractivity contribution in [3.8, 4) is 17.2 Å². The van der Waals surface area contributed by atoms with Gasteiger partial charge in [-0.3, -0.25) is 14.9 Å². The molecule has 3 rings (SSSR count). The highest BCUT2D eigenvalue weighted by Crippen LogP contribution is 2.34. The second-order valence-corrected chi connectivity index (χ2v) is 6.68. The standard InChI is InChI=1S/C18H18N2O6S/c1-24-12-3-5-14(15(9-12)20(22)23)19-18(21)11-27-13-4-6-16-17(10-13)26-8-2-7-25-16/h3-6,9-10H,2,7-8,11H2,1H3,(H,19,21). The third-order valence-corrected chi connectivity index (χ3v) is 4.76. The number of hydrogen-bond acceptors (Lipinski definition) is 7. The Morgan fingerprint density at radius 3 is 2.74 bits per heavy atom. The van der Waals surface area contributed by atoms with E-state index in [-0.39, 0.29) is 23.0 Å². The van der Waals surface area contributed by atoms with Crippen molar-refractivity contribution >= 4 is 29.0 Å². The van der Waals surface area contributed by atoms with E-state index in [0.717, 1.165) is 11.3 Å². The molecule has 0 fully saturated rings. The maximum atomic E-state index is 12.2. The third kappa shape index (κ3) is 4.82. The molecule has 0 aliphatic carbocycles. The number of nitro benzene ring substituents is 1. The molecule has 1 N–H and O–H groups in total. The summed E-state index contributed by atoms with van der Waals surface area (Å²) in [6.45, 7) is 1.20. The Labute approximate surface area is 160 Å². The van der Waals surface area contributed by atoms with E-state index >= 15 is 0 Å². The van der Waals surface area contributed by atoms with Crippen molar-refractivity contribution < 1.29 is 23.9 Å². The van der Waals surface area contributed by atoms with E-state index in [2.05, 4.69) is 5.32 Å². The van der Waals surface area contributed by atoms with Gasteiger partial charge in [-0.2, -0.15) is 0 Å². The van der Waals surface area contributed by atoms with E-state index in [9.17, 15) is 14.9 Å². The molecule has 0 saturated carbocycles. The van der Waals surface area contributed by atoms with Crippen LogP contribution in [0.25, 0.3) is 0 Å². The fraction of sp³-hybridized carbons (Fsp3) is 0.278. The Morgan fingerprint density at radius 2 is 2.00 bits per heavy atom. The first-order valence-electron chi connectivity index (χ1n) is 8.21. The second kappa shape index (κ2) is 8.63. The summed E-state index contributed by atoms with van der Waals surface area (Å²) in [5.41, 5.74) is -0.0895. The van der Waals surface area contributed by atoms with E-state index < -0.39 is 4.92 Å². The molecule has 8 nitrogen and oxygen atoms in total. The number of nitro groups is 1. The molecule has 2 aromatic rings. The van der Waals surface area contributed by atoms with Gasteiger partial charge in [0.05, 0.1) is 37.1 Å². The van der Waals surface area contributed by atoms with Gasteiger partial charge >= 0.3 is 0 Å². The number of ether oxygens (including phenoxy) is 3. The predicted octanol–water partition coefficient (Wildman–Crippen LogP) is 3.50. The average molecular weight is 390 g/mol. The van der Waals surface area contributed by atoms with E-state index in [1.54, 1.807) is 6.07 Å². The molecule has 9 heteroatoms. The first-order chi connectivity index (χ1) is 13.1. The monoisotopic (exact) mass is 390 g/mol. The van der Waals surface area contributed by atoms with Crippen molar-refractivity contribution in [2.45, 2.75) is 11.3 Å². The lowest BCUT2D eigenvalue weighted by molar-refractivity contribution is -0.384. The zero-order chi connectivity index (χ0) is 19.2. The number of carbonyl (C=O) groups excluding carboxylic acids is 1. The van der Waals surface area contributed by atoms with Gasteiger partial charge in [0.25, 0.3) is 5.69 Å². The van der Waals surface area contributed by atoms with E-state index in [0.29, 0.717) is 30.5 Å². The number of nitrogens with one attached hydrogen (secondary N) is 1. The molecule has 1 aliphatic rings. The lowest BCUT2D eigenvalue weighted by atomic mass is 10.2. The molecule has 0 radical (unpaired) electrons. The fourth-order valence-corrected chi connectivity index (χ4v) is 3.19. The largest absolute Gasteiger partial charge is 0.496 e. The quantitative estimate of drug-likeness (QED) is 0.458. The molecule has 1 amide bonds. The van der Waals surface area contributed by atoms with Gasteiger partial charge in [-0.15, -0.1) is 11.8 Å². The molecule has 1 heterocycles. The minimum atomic E-state index is -0.560. The Balaban J connectivity index is 1.63. The Hall–Kier alpha value is -2.94. The van der Waals surface area contributed by atoms with Crippen molar-refractivity contribution in [2.24, 2.45) is 0 Å². The number of carbonyl (C=O) groups is 1. The predicted molar refractivity (Wildman–Crippen MR) is 101 cm³/mol. The van der Waals surface area contributed by atoms with Crippen molar-refractivity contribution in [3.63, 3.8) is 0 Å². The fourth-order valence-electron chi connectivity index (χ4n) is 2.46. The molecule has 0 unspecified atom stereocenters. The molecule has 142 valence electrons. The van der Waals surface area contributed by atoms with Crippen molar-refractivity contribution in [1.29, 1.82) is 0 Å². The highest BCUT2D eigenvalue weighted by molar-refractivity contribution is 8.00. The molecule has 0 saturated heterocycles. The zero-order valence-electron chi connectivity index (χ0n) is 14.6. The van der Waals surface area contributed by atoms with E-state index in [1.165, 1.54) is 31.0 Å². The summed E-state index contributed by atoms with van der Waals surface area (Å²) in [5.74, 6) is 1.45. The number of benzene rings is 2. The molecule has 27 heavy (non-hydrogen) atoms. The van der Waals surface area contributed by atoms with Gasteiger partial charge in [0.2, 0.25) is 5.91 Å². The molecular weight excluding hydrogens is 372 g/mol. The lowest BCUT2D eigenvalue weighted by Crippen LogP contribution is -2.15. The van der Waals surface area contributed by atoms with Crippen LogP contribution < -0.4 is 19.5 Å². The summed E-state index contributed by atoms with van der Waals surface area (Å²) in [5, 5.41) is 13.8. The highest BCUT2D eigenvalue weighted by Gasteiger charge is 2.18. The Kier molecular flexibility index (Phi) is 6.02. The van der Waals surface area contributed by atoms with Gasteiger partial charge in [-0.1, -0.05) is 0 Å². The summed E-state index contributed by atoms with van der Waals surface area (Å²) in [6.07, 6.45) is 0.820. The first kappa shape index (κ1) is 18.8. The number of amides is 1. The number of methoxy groups -OCH3 is 1. The maximum Gasteiger partial charge on any atom is 0.296 e. The average Bonchev–Trinajstić information content (AvgIpc) is 2.91. The third-order valence-electron chi connectivity index (χ3n) is 3.76. The SMILES string of the molecule is COc1ccc(NC(=O)CSc2ccc3c(c2)OCCCO3)c([N+](=O)[O-])c1. The minimum absolute atomic E-state index is 0.100. The Bertz CT molecular complexity index is 858. The molecule has 0 aromatic heterocycles. The van der Waals surface area contributed by atoms with Crippen LogP contribution >= 0.6 is 11.8 Å². The number of fused-ring (bicyclic) bond motifs is 1. The van der Waals surface area contributed by atoms with Crippen LogP contribution in [-0.4, -0.2) is 36.9 Å². The summed E-state index contributed by atoms with van der Waals surface area (Å²) >= 11 is 1.31. The zero-order valence-corrected chi connectivity index (χ0v) is 15.4. The number of nitrogens with zero attached hydrogens (tertiary/aromatic N) is 1. The Morgan fingerprint density at radius 1 is 1.22 bits per heavy atom. The number of rotatable bonds is 6. The van der Waals surface area contributed by atoms with Crippen LogP contribution in [0.15, 0.2) is 41.3 Å². The number of thioether (sulfide) groups is 1. The lowest BCUT2D eigenvalue weighted by Gasteiger charge is -2.10. The van der Waals surface area contributed by atoms with Crippen LogP contribution in [0, 0.1) is 10.1 Å². The van der Waals surface area contributed by atoms with Crippen molar-refractivity contribution in [2.75, 3.05) is 31.4 Å². The van der Waals surface area contributed by atoms with Gasteiger partial charge in [-0.25, -0.2) is 0 Å². The summed E-state index contributed by atoms with van der Waals surface area (Å²) in [4.78, 5) is 23.7. The summed E-state index contributed by atoms with van der Waals surface area (Å²) < 4.78 is 16.2. The van der Waals surface area contributed by atoms with Crippen LogP contribution in [0.3, 0.4) is 0 Å². The highest BCUT2D eigenvalue weighted by atomic mass is 32.2. The second-order valence-electron chi connectivity index (χ2n) is 5.64. The molecule has 0 atom stereocenters. The normalized spacial score (nSPS) is 12.8. The topological polar surface area (TPSA) is 99.9 Å². The smallest absolute Gasteiger partial charge is 0.296 e. The first-order valence-corrected chi connectivity index (χ1v) is 9.20. The minimum Gasteiger partial charge on any atom is -0.496 e. The maximum absolute atomic E-state index is 12.2. The molecule has 1 aliphatic heterocycles. The van der Waals surface area contributed by atoms with Crippen molar-refractivity contribution in [1.82, 2.24) is 0 Å². The van der Waals surface area contributed by atoms with Crippen LogP contribution in [0.1, 0.15) is 6.42 Å². The summed E-state index contributed by atoms with van der Waals surface area (Å²) in [6, 6.07) is 9.77. The van der Waals surface area contributed by atoms with Crippen LogP contribution in [0.5, 0.6) is 17.2 Å². The number of hydrogen-bond donors (Lipinski definition) is 1. The van der Waals surface area contributed by atoms with Crippen molar-refractivity contribution in [3.05, 3.63) is 46.5 Å². The molecular formula is C18H18N2O6S. The number of anilines is 1. The van der Waals surface area contributed by atoms with E-state index in [1.807, 2.05) is 18.2 Å². The van der Waals surface area contributed by atoms with Gasteiger partial charge < -0.3 is 19.5 Å². The van der Waals surface area contributed by atoms with Crippen LogP contribution in [0.2, 0.25) is 0 Å². The van der Waals surface area contributed by atoms with Gasteiger partial charge in [0.15, 0.2) is 11.5 Å². The van der Waals surface area contributed by atoms with Gasteiger partial charge in [0, 0.05) is 11.3 Å². The van der Waals surface area contributed by atoms with Gasteiger partial charge in [-0.05, 0) is 30.3 Å². The molecule has 0 spiro atoms. The summed E-state index contributed by atoms with van der Waals surface area (Å²) in [7, 11) is 1.42. The van der Waals surface area contributed by atoms with E-state index in [4.69, 9.17) is 14.2 Å². The van der Waals surface area contributed by atoms with Crippen LogP contribution in [-0.2, 0) is 4.79 Å². The van der Waals surface area contributed by atoms with Crippen LogP contribution in [0.4, 0.5) is 11.4 Å².